The van der Waals surface area contributed by atoms with Crippen molar-refractivity contribution in [3.63, 3.8) is 0 Å². The molecule has 1 aromatic heterocycles. The molecule has 2 heterocycles. The van der Waals surface area contributed by atoms with Gasteiger partial charge in [0, 0.05) is 37.9 Å². The zero-order chi connectivity index (χ0) is 19.1. The smallest absolute Gasteiger partial charge is 0.409 e. The van der Waals surface area contributed by atoms with Gasteiger partial charge in [-0.25, -0.2) is 4.79 Å². The molecule has 1 fully saturated rings. The highest BCUT2D eigenvalue weighted by Crippen LogP contribution is 2.11. The van der Waals surface area contributed by atoms with Crippen LogP contribution in [0, 0.1) is 19.8 Å². The van der Waals surface area contributed by atoms with Crippen LogP contribution in [0.1, 0.15) is 38.1 Å². The molecule has 0 bridgehead atoms. The fourth-order valence-electron chi connectivity index (χ4n) is 3.14. The number of amides is 1. The number of likely N-dealkylation sites (tertiary alicyclic amines) is 1. The van der Waals surface area contributed by atoms with Gasteiger partial charge < -0.3 is 20.7 Å². The van der Waals surface area contributed by atoms with Gasteiger partial charge in [0.25, 0.3) is 0 Å². The summed E-state index contributed by atoms with van der Waals surface area (Å²) >= 11 is 0. The van der Waals surface area contributed by atoms with Crippen LogP contribution in [-0.2, 0) is 11.3 Å². The maximum atomic E-state index is 11.7. The summed E-state index contributed by atoms with van der Waals surface area (Å²) in [6.45, 7) is 11.3. The maximum Gasteiger partial charge on any atom is 0.409 e. The van der Waals surface area contributed by atoms with E-state index in [-0.39, 0.29) is 12.1 Å². The van der Waals surface area contributed by atoms with Gasteiger partial charge in [0.05, 0.1) is 12.3 Å². The van der Waals surface area contributed by atoms with E-state index in [1.54, 1.807) is 4.90 Å². The van der Waals surface area contributed by atoms with Crippen LogP contribution in [0.2, 0.25) is 0 Å². The average Bonchev–Trinajstić information content (AvgIpc) is 2.91. The van der Waals surface area contributed by atoms with Gasteiger partial charge >= 0.3 is 6.09 Å². The summed E-state index contributed by atoms with van der Waals surface area (Å²) < 4.78 is 7.05. The summed E-state index contributed by atoms with van der Waals surface area (Å²) in [5.41, 5.74) is 8.23. The third-order valence-electron chi connectivity index (χ3n) is 4.53. The Kier molecular flexibility index (Phi) is 7.29. The van der Waals surface area contributed by atoms with E-state index in [9.17, 15) is 4.79 Å². The summed E-state index contributed by atoms with van der Waals surface area (Å²) in [6, 6.07) is 2.32. The van der Waals surface area contributed by atoms with Crippen molar-refractivity contribution in [2.45, 2.75) is 53.1 Å². The van der Waals surface area contributed by atoms with Crippen LogP contribution >= 0.6 is 0 Å². The Labute approximate surface area is 155 Å². The number of ether oxygens (including phenoxy) is 1. The van der Waals surface area contributed by atoms with E-state index in [4.69, 9.17) is 10.5 Å². The predicted molar refractivity (Wildman–Crippen MR) is 102 cm³/mol. The summed E-state index contributed by atoms with van der Waals surface area (Å²) in [7, 11) is 0. The molecule has 1 saturated heterocycles. The molecule has 1 atom stereocenters. The number of nitrogens with two attached hydrogens (primary N) is 1. The van der Waals surface area contributed by atoms with Crippen LogP contribution in [0.25, 0.3) is 0 Å². The number of carbonyl (C=O) groups excluding carboxylic acids is 1. The minimum Gasteiger partial charge on any atom is -0.450 e. The van der Waals surface area contributed by atoms with E-state index in [2.05, 4.69) is 35.3 Å². The number of carbonyl (C=O) groups is 1. The van der Waals surface area contributed by atoms with E-state index >= 15 is 0 Å². The average molecular weight is 364 g/mol. The largest absolute Gasteiger partial charge is 0.450 e. The number of hydrogen-bond acceptors (Lipinski definition) is 4. The summed E-state index contributed by atoms with van der Waals surface area (Å²) in [4.78, 5) is 17.9. The Hall–Kier alpha value is -2.25. The Bertz CT molecular complexity index is 619. The SMILES string of the molecule is CCOC(=O)N1CCC(NC(N)=NCC(C)Cn2nc(C)cc2C)CC1. The van der Waals surface area contributed by atoms with Gasteiger partial charge in [-0.05, 0) is 45.6 Å². The Morgan fingerprint density at radius 1 is 1.46 bits per heavy atom. The number of aryl methyl sites for hydroxylation is 2. The lowest BCUT2D eigenvalue weighted by Crippen LogP contribution is -2.48. The quantitative estimate of drug-likeness (QED) is 0.591. The van der Waals surface area contributed by atoms with Crippen molar-refractivity contribution in [1.82, 2.24) is 20.0 Å². The van der Waals surface area contributed by atoms with Gasteiger partial charge in [-0.2, -0.15) is 5.10 Å². The molecule has 8 nitrogen and oxygen atoms in total. The minimum absolute atomic E-state index is 0.231. The molecular formula is C18H32N6O2. The first-order valence-corrected chi connectivity index (χ1v) is 9.38. The van der Waals surface area contributed by atoms with E-state index in [1.165, 1.54) is 0 Å². The zero-order valence-electron chi connectivity index (χ0n) is 16.4. The second-order valence-electron chi connectivity index (χ2n) is 7.04. The molecule has 0 radical (unpaired) electrons. The molecule has 1 unspecified atom stereocenters. The van der Waals surface area contributed by atoms with Crippen LogP contribution in [-0.4, -0.2) is 59.0 Å². The zero-order valence-corrected chi connectivity index (χ0v) is 16.4. The fraction of sp³-hybridized carbons (Fsp3) is 0.722. The molecule has 0 saturated carbocycles. The molecule has 0 aromatic carbocycles. The number of hydrogen-bond donors (Lipinski definition) is 2. The highest BCUT2D eigenvalue weighted by atomic mass is 16.6. The first kappa shape index (κ1) is 20.1. The Morgan fingerprint density at radius 3 is 2.73 bits per heavy atom. The van der Waals surface area contributed by atoms with Crippen molar-refractivity contribution in [2.24, 2.45) is 16.6 Å². The topological polar surface area (TPSA) is 97.8 Å². The third-order valence-corrected chi connectivity index (χ3v) is 4.53. The molecule has 3 N–H and O–H groups in total. The molecule has 1 aromatic rings. The number of aliphatic imine (C=N–C) groups is 1. The maximum absolute atomic E-state index is 11.7. The van der Waals surface area contributed by atoms with E-state index in [0.717, 1.165) is 30.8 Å². The number of nitrogens with zero attached hydrogens (tertiary/aromatic N) is 4. The van der Waals surface area contributed by atoms with Crippen molar-refractivity contribution in [3.05, 3.63) is 17.5 Å². The molecule has 1 aliphatic heterocycles. The molecule has 8 heteroatoms. The number of rotatable bonds is 6. The Balaban J connectivity index is 1.73. The number of nitrogens with one attached hydrogen (secondary N) is 1. The van der Waals surface area contributed by atoms with Crippen molar-refractivity contribution in [3.8, 4) is 0 Å². The lowest BCUT2D eigenvalue weighted by molar-refractivity contribution is 0.0963. The van der Waals surface area contributed by atoms with E-state index < -0.39 is 0 Å². The highest BCUT2D eigenvalue weighted by molar-refractivity contribution is 5.78. The van der Waals surface area contributed by atoms with E-state index in [1.807, 2.05) is 18.5 Å². The van der Waals surface area contributed by atoms with Crippen LogP contribution in [0.4, 0.5) is 4.79 Å². The van der Waals surface area contributed by atoms with Gasteiger partial charge in [0.2, 0.25) is 0 Å². The molecule has 146 valence electrons. The lowest BCUT2D eigenvalue weighted by Gasteiger charge is -2.31. The van der Waals surface area contributed by atoms with Crippen molar-refractivity contribution < 1.29 is 9.53 Å². The monoisotopic (exact) mass is 364 g/mol. The molecule has 26 heavy (non-hydrogen) atoms. The van der Waals surface area contributed by atoms with Crippen LogP contribution in [0.5, 0.6) is 0 Å². The molecule has 1 aliphatic rings. The standard InChI is InChI=1S/C18H32N6O2/c1-5-26-18(25)23-8-6-16(7-9-23)21-17(19)20-11-13(2)12-24-15(4)10-14(3)22-24/h10,13,16H,5-9,11-12H2,1-4H3,(H3,19,20,21). The van der Waals surface area contributed by atoms with Gasteiger partial charge in [-0.3, -0.25) is 9.67 Å². The molecule has 2 rings (SSSR count). The number of piperidine rings is 1. The van der Waals surface area contributed by atoms with Crippen LogP contribution in [0.15, 0.2) is 11.1 Å². The molecular weight excluding hydrogens is 332 g/mol. The summed E-state index contributed by atoms with van der Waals surface area (Å²) in [5, 5.41) is 7.76. The normalized spacial score (nSPS) is 17.2. The van der Waals surface area contributed by atoms with Crippen molar-refractivity contribution in [2.75, 3.05) is 26.2 Å². The number of aromatic nitrogens is 2. The first-order chi connectivity index (χ1) is 12.4. The second kappa shape index (κ2) is 9.45. The second-order valence-corrected chi connectivity index (χ2v) is 7.04. The van der Waals surface area contributed by atoms with Gasteiger partial charge in [0.15, 0.2) is 5.96 Å². The Morgan fingerprint density at radius 2 is 2.15 bits per heavy atom. The van der Waals surface area contributed by atoms with Crippen LogP contribution < -0.4 is 11.1 Å². The van der Waals surface area contributed by atoms with Gasteiger partial charge in [0.1, 0.15) is 0 Å². The summed E-state index contributed by atoms with van der Waals surface area (Å²) in [5.74, 6) is 0.818. The molecule has 0 aliphatic carbocycles. The van der Waals surface area contributed by atoms with Crippen LogP contribution in [0.3, 0.4) is 0 Å². The fourth-order valence-corrected chi connectivity index (χ4v) is 3.14. The van der Waals surface area contributed by atoms with E-state index in [0.29, 0.717) is 38.1 Å². The summed E-state index contributed by atoms with van der Waals surface area (Å²) in [6.07, 6.45) is 1.46. The van der Waals surface area contributed by atoms with Crippen molar-refractivity contribution in [1.29, 1.82) is 0 Å². The molecule has 0 spiro atoms. The van der Waals surface area contributed by atoms with Gasteiger partial charge in [-0.1, -0.05) is 6.92 Å². The predicted octanol–water partition coefficient (Wildman–Crippen LogP) is 1.66. The first-order valence-electron chi connectivity index (χ1n) is 9.38. The van der Waals surface area contributed by atoms with Crippen molar-refractivity contribution >= 4 is 12.1 Å². The third kappa shape index (κ3) is 5.93. The lowest BCUT2D eigenvalue weighted by atomic mass is 10.1. The highest BCUT2D eigenvalue weighted by Gasteiger charge is 2.23. The molecule has 1 amide bonds. The minimum atomic E-state index is -0.231. The van der Waals surface area contributed by atoms with Gasteiger partial charge in [-0.15, -0.1) is 0 Å². The number of guanidine groups is 1.